The molecule has 0 fully saturated rings. The smallest absolute Gasteiger partial charge is 0.372 e. The molecule has 0 aliphatic heterocycles. The Morgan fingerprint density at radius 2 is 2.13 bits per heavy atom. The van der Waals surface area contributed by atoms with Crippen LogP contribution in [-0.4, -0.2) is 24.0 Å². The molecule has 5 heteroatoms. The molecule has 0 aliphatic carbocycles. The summed E-state index contributed by atoms with van der Waals surface area (Å²) in [5.74, 6) is -1.68. The van der Waals surface area contributed by atoms with Crippen molar-refractivity contribution in [3.05, 3.63) is 28.2 Å². The summed E-state index contributed by atoms with van der Waals surface area (Å²) in [5, 5.41) is 8.43. The van der Waals surface area contributed by atoms with Gasteiger partial charge in [0.15, 0.2) is 0 Å². The van der Waals surface area contributed by atoms with Gasteiger partial charge in [-0.15, -0.1) is 0 Å². The van der Waals surface area contributed by atoms with E-state index in [0.717, 1.165) is 4.47 Å². The molecular formula is C10H9BrO4. The van der Waals surface area contributed by atoms with Gasteiger partial charge in [0, 0.05) is 6.42 Å². The van der Waals surface area contributed by atoms with E-state index in [4.69, 9.17) is 9.84 Å². The molecule has 0 aliphatic rings. The lowest BCUT2D eigenvalue weighted by Crippen LogP contribution is -2.14. The Morgan fingerprint density at radius 1 is 1.47 bits per heavy atom. The first-order chi connectivity index (χ1) is 7.04. The van der Waals surface area contributed by atoms with E-state index in [1.165, 1.54) is 7.11 Å². The molecule has 0 saturated heterocycles. The molecule has 1 N–H and O–H groups in total. The first-order valence-corrected chi connectivity index (χ1v) is 4.92. The van der Waals surface area contributed by atoms with Gasteiger partial charge in [-0.1, -0.05) is 6.07 Å². The Hall–Kier alpha value is -1.36. The Labute approximate surface area is 95.0 Å². The monoisotopic (exact) mass is 272 g/mol. The first kappa shape index (κ1) is 11.7. The second kappa shape index (κ2) is 4.93. The summed E-state index contributed by atoms with van der Waals surface area (Å²) in [6.45, 7) is 0. The van der Waals surface area contributed by atoms with Gasteiger partial charge in [0.2, 0.25) is 5.78 Å². The standard InChI is InChI=1S/C10H9BrO4/c1-15-9-5-6(2-3-7(9)11)4-8(12)10(13)14/h2-3,5H,4H2,1H3,(H,13,14). The van der Waals surface area contributed by atoms with Crippen LogP contribution in [0.3, 0.4) is 0 Å². The van der Waals surface area contributed by atoms with Gasteiger partial charge >= 0.3 is 5.97 Å². The van der Waals surface area contributed by atoms with Gasteiger partial charge in [-0.2, -0.15) is 0 Å². The molecule has 80 valence electrons. The lowest BCUT2D eigenvalue weighted by atomic mass is 10.1. The van der Waals surface area contributed by atoms with Crippen LogP contribution in [0.4, 0.5) is 0 Å². The highest BCUT2D eigenvalue weighted by Gasteiger charge is 2.13. The number of methoxy groups -OCH3 is 1. The summed E-state index contributed by atoms with van der Waals surface area (Å²) in [4.78, 5) is 21.3. The molecule has 1 aromatic rings. The molecule has 0 aromatic heterocycles. The van der Waals surface area contributed by atoms with E-state index in [-0.39, 0.29) is 6.42 Å². The Kier molecular flexibility index (Phi) is 3.85. The fourth-order valence-corrected chi connectivity index (χ4v) is 1.48. The third kappa shape index (κ3) is 3.06. The second-order valence-corrected chi connectivity index (χ2v) is 3.73. The number of hydrogen-bond acceptors (Lipinski definition) is 3. The van der Waals surface area contributed by atoms with Crippen LogP contribution in [0.15, 0.2) is 22.7 Å². The average molecular weight is 273 g/mol. The van der Waals surface area contributed by atoms with Crippen LogP contribution in [-0.2, 0) is 16.0 Å². The largest absolute Gasteiger partial charge is 0.496 e. The van der Waals surface area contributed by atoms with Crippen molar-refractivity contribution in [2.75, 3.05) is 7.11 Å². The summed E-state index contributed by atoms with van der Waals surface area (Å²) >= 11 is 3.26. The Balaban J connectivity index is 2.87. The highest BCUT2D eigenvalue weighted by molar-refractivity contribution is 9.10. The lowest BCUT2D eigenvalue weighted by Gasteiger charge is -2.05. The highest BCUT2D eigenvalue weighted by Crippen LogP contribution is 2.25. The molecule has 0 amide bonds. The van der Waals surface area contributed by atoms with Crippen LogP contribution in [0.2, 0.25) is 0 Å². The van der Waals surface area contributed by atoms with Crippen LogP contribution < -0.4 is 4.74 Å². The number of rotatable bonds is 4. The van der Waals surface area contributed by atoms with Crippen molar-refractivity contribution in [1.82, 2.24) is 0 Å². The summed E-state index contributed by atoms with van der Waals surface area (Å²) in [6.07, 6.45) is -0.126. The highest BCUT2D eigenvalue weighted by atomic mass is 79.9. The Bertz CT molecular complexity index is 400. The molecule has 0 radical (unpaired) electrons. The molecule has 4 nitrogen and oxygen atoms in total. The quantitative estimate of drug-likeness (QED) is 0.847. The van der Waals surface area contributed by atoms with E-state index in [9.17, 15) is 9.59 Å². The minimum atomic E-state index is -1.42. The summed E-state index contributed by atoms with van der Waals surface area (Å²) in [7, 11) is 1.50. The van der Waals surface area contributed by atoms with Crippen LogP contribution in [0.5, 0.6) is 5.75 Å². The molecule has 0 atom stereocenters. The van der Waals surface area contributed by atoms with E-state index in [0.29, 0.717) is 11.3 Å². The molecule has 0 bridgehead atoms. The third-order valence-corrected chi connectivity index (χ3v) is 2.47. The number of ether oxygens (including phenoxy) is 1. The second-order valence-electron chi connectivity index (χ2n) is 2.87. The predicted molar refractivity (Wildman–Crippen MR) is 57.0 cm³/mol. The molecule has 0 spiro atoms. The lowest BCUT2D eigenvalue weighted by molar-refractivity contribution is -0.148. The topological polar surface area (TPSA) is 63.6 Å². The van der Waals surface area contributed by atoms with Crippen molar-refractivity contribution < 1.29 is 19.4 Å². The van der Waals surface area contributed by atoms with Gasteiger partial charge in [-0.05, 0) is 33.6 Å². The number of carboxylic acids is 1. The van der Waals surface area contributed by atoms with Crippen molar-refractivity contribution in [2.45, 2.75) is 6.42 Å². The third-order valence-electron chi connectivity index (χ3n) is 1.82. The van der Waals surface area contributed by atoms with Gasteiger partial charge in [0.05, 0.1) is 11.6 Å². The zero-order chi connectivity index (χ0) is 11.4. The molecule has 0 heterocycles. The minimum Gasteiger partial charge on any atom is -0.496 e. The number of carbonyl (C=O) groups excluding carboxylic acids is 1. The summed E-state index contributed by atoms with van der Waals surface area (Å²) < 4.78 is 5.78. The number of ketones is 1. The Morgan fingerprint density at radius 3 is 2.67 bits per heavy atom. The molecule has 0 unspecified atom stereocenters. The minimum absolute atomic E-state index is 0.126. The number of carboxylic acid groups (broad SMARTS) is 1. The molecule has 0 saturated carbocycles. The van der Waals surface area contributed by atoms with Crippen molar-refractivity contribution in [3.63, 3.8) is 0 Å². The van der Waals surface area contributed by atoms with Crippen LogP contribution >= 0.6 is 15.9 Å². The zero-order valence-electron chi connectivity index (χ0n) is 7.99. The van der Waals surface area contributed by atoms with Gasteiger partial charge < -0.3 is 9.84 Å². The normalized spacial score (nSPS) is 9.73. The molecule has 15 heavy (non-hydrogen) atoms. The zero-order valence-corrected chi connectivity index (χ0v) is 9.58. The molecule has 1 rings (SSSR count). The van der Waals surface area contributed by atoms with Gasteiger partial charge in [0.1, 0.15) is 5.75 Å². The van der Waals surface area contributed by atoms with Crippen LogP contribution in [0.25, 0.3) is 0 Å². The maximum Gasteiger partial charge on any atom is 0.372 e. The number of aliphatic carboxylic acids is 1. The van der Waals surface area contributed by atoms with E-state index < -0.39 is 11.8 Å². The number of benzene rings is 1. The summed E-state index contributed by atoms with van der Waals surface area (Å²) in [5.41, 5.74) is 0.613. The maximum absolute atomic E-state index is 10.9. The summed E-state index contributed by atoms with van der Waals surface area (Å²) in [6, 6.07) is 5.02. The van der Waals surface area contributed by atoms with Gasteiger partial charge in [-0.25, -0.2) is 4.79 Å². The van der Waals surface area contributed by atoms with E-state index in [2.05, 4.69) is 15.9 Å². The van der Waals surface area contributed by atoms with Crippen molar-refractivity contribution in [3.8, 4) is 5.75 Å². The fraction of sp³-hybridized carbons (Fsp3) is 0.200. The number of halogens is 1. The maximum atomic E-state index is 10.9. The van der Waals surface area contributed by atoms with Crippen molar-refractivity contribution in [1.29, 1.82) is 0 Å². The number of Topliss-reactive ketones (excluding diaryl/α,β-unsaturated/α-hetero) is 1. The van der Waals surface area contributed by atoms with Gasteiger partial charge in [0.25, 0.3) is 0 Å². The predicted octanol–water partition coefficient (Wildman–Crippen LogP) is 1.65. The van der Waals surface area contributed by atoms with Crippen molar-refractivity contribution in [2.24, 2.45) is 0 Å². The van der Waals surface area contributed by atoms with Crippen LogP contribution in [0.1, 0.15) is 5.56 Å². The average Bonchev–Trinajstić information content (AvgIpc) is 2.20. The van der Waals surface area contributed by atoms with E-state index in [1.807, 2.05) is 0 Å². The van der Waals surface area contributed by atoms with Gasteiger partial charge in [-0.3, -0.25) is 4.79 Å². The fourth-order valence-electron chi connectivity index (χ4n) is 1.08. The number of carbonyl (C=O) groups is 2. The molecular weight excluding hydrogens is 264 g/mol. The number of hydrogen-bond donors (Lipinski definition) is 1. The van der Waals surface area contributed by atoms with Crippen molar-refractivity contribution >= 4 is 27.7 Å². The first-order valence-electron chi connectivity index (χ1n) is 4.13. The van der Waals surface area contributed by atoms with Crippen LogP contribution in [0, 0.1) is 0 Å². The SMILES string of the molecule is COc1cc(CC(=O)C(=O)O)ccc1Br. The molecule has 1 aromatic carbocycles. The van der Waals surface area contributed by atoms with E-state index in [1.54, 1.807) is 18.2 Å². The van der Waals surface area contributed by atoms with E-state index >= 15 is 0 Å².